The first-order chi connectivity index (χ1) is 31.3. The van der Waals surface area contributed by atoms with E-state index in [0.717, 1.165) is 30.8 Å². The van der Waals surface area contributed by atoms with E-state index in [0.29, 0.717) is 59.6 Å². The standard InChI is InChI=1S/C46H69N9O9S2/c1-27(2)47-18-19-54(66(61)62)25-39(45(5,6)7)52-43(60)50-33-15-13-11-9-10-12-14-29-23-46(29,42(58)59)53-40(56)37-21-31(24-55(37)41(33)57)64-38-22-35(36-26-65-44(51-36)48-28(3)4)49-34-20-30(63-8)16-17-32(34)38/h16-17,20,22,26-29,31,33,37,39,47,66H,9-15,18-19,21,23-25H2,1-8H3,(H,48,51)(H,53,56)(H,58,59)(H2,50,52,60)/t29?,31-,33+,37+,39-,46-/m1/s1. The number of pyridine rings is 1. The van der Waals surface area contributed by atoms with Crippen molar-refractivity contribution in [3.05, 3.63) is 29.6 Å². The Hall–Kier alpha value is -4.79. The lowest BCUT2D eigenvalue weighted by Crippen LogP contribution is -2.59. The number of rotatable bonds is 16. The van der Waals surface area contributed by atoms with Crippen LogP contribution in [0.5, 0.6) is 11.5 Å². The van der Waals surface area contributed by atoms with E-state index < -0.39 is 69.9 Å². The van der Waals surface area contributed by atoms with Gasteiger partial charge in [-0.3, -0.25) is 9.59 Å². The van der Waals surface area contributed by atoms with Crippen molar-refractivity contribution >= 4 is 62.1 Å². The molecule has 1 aliphatic carbocycles. The van der Waals surface area contributed by atoms with Gasteiger partial charge in [0.25, 0.3) is 0 Å². The first-order valence-corrected chi connectivity index (χ1v) is 25.2. The molecule has 66 heavy (non-hydrogen) atoms. The monoisotopic (exact) mass is 955 g/mol. The topological polar surface area (TPSA) is 234 Å². The number of carbonyl (C=O) groups is 4. The van der Waals surface area contributed by atoms with Crippen LogP contribution in [0.4, 0.5) is 9.93 Å². The predicted octanol–water partition coefficient (Wildman–Crippen LogP) is 5.15. The fourth-order valence-electron chi connectivity index (χ4n) is 8.79. The van der Waals surface area contributed by atoms with Gasteiger partial charge in [0.2, 0.25) is 22.7 Å². The number of hydrogen-bond acceptors (Lipinski definition) is 13. The Bertz CT molecular complexity index is 2270. The third-order valence-corrected chi connectivity index (χ3v) is 14.3. The van der Waals surface area contributed by atoms with Crippen LogP contribution in [0.15, 0.2) is 29.6 Å². The summed E-state index contributed by atoms with van der Waals surface area (Å²) in [4.78, 5) is 67.3. The van der Waals surface area contributed by atoms with Crippen LogP contribution < -0.4 is 36.1 Å². The molecule has 0 radical (unpaired) electrons. The van der Waals surface area contributed by atoms with Gasteiger partial charge in [0, 0.05) is 67.1 Å². The molecule has 1 unspecified atom stereocenters. The number of fused-ring (bicyclic) bond motifs is 3. The van der Waals surface area contributed by atoms with Crippen LogP contribution in [0.3, 0.4) is 0 Å². The molecule has 4 heterocycles. The number of benzene rings is 1. The van der Waals surface area contributed by atoms with Crippen LogP contribution >= 0.6 is 11.3 Å². The smallest absolute Gasteiger partial charge is 0.329 e. The average Bonchev–Trinajstić information content (AvgIpc) is 3.51. The minimum atomic E-state index is -2.96. The van der Waals surface area contributed by atoms with Crippen LogP contribution in [0.2, 0.25) is 0 Å². The number of carbonyl (C=O) groups excluding carboxylic acids is 3. The molecule has 6 rings (SSSR count). The van der Waals surface area contributed by atoms with Crippen molar-refractivity contribution in [2.24, 2.45) is 11.3 Å². The molecule has 0 bridgehead atoms. The van der Waals surface area contributed by atoms with Crippen LogP contribution in [-0.4, -0.2) is 132 Å². The summed E-state index contributed by atoms with van der Waals surface area (Å²) in [5, 5.41) is 29.0. The summed E-state index contributed by atoms with van der Waals surface area (Å²) in [7, 11) is -1.39. The number of nitrogens with zero attached hydrogens (tertiary/aromatic N) is 4. The summed E-state index contributed by atoms with van der Waals surface area (Å²) in [6.45, 7) is 14.3. The molecule has 3 fully saturated rings. The molecule has 0 spiro atoms. The Morgan fingerprint density at radius 1 is 1.03 bits per heavy atom. The number of hydrogen-bond donors (Lipinski definition) is 7. The summed E-state index contributed by atoms with van der Waals surface area (Å²) in [6.07, 6.45) is 4.51. The molecule has 3 aliphatic rings. The van der Waals surface area contributed by atoms with Gasteiger partial charge < -0.3 is 46.1 Å². The van der Waals surface area contributed by atoms with Crippen molar-refractivity contribution < 1.29 is 42.2 Å². The van der Waals surface area contributed by atoms with Crippen LogP contribution in [0.1, 0.15) is 106 Å². The molecule has 364 valence electrons. The highest BCUT2D eigenvalue weighted by atomic mass is 32.2. The number of thiol groups is 1. The fraction of sp³-hybridized carbons (Fsp3) is 0.652. The van der Waals surface area contributed by atoms with E-state index in [1.807, 2.05) is 59.9 Å². The molecule has 3 aromatic rings. The van der Waals surface area contributed by atoms with E-state index in [2.05, 4.69) is 26.6 Å². The van der Waals surface area contributed by atoms with Crippen molar-refractivity contribution in [1.82, 2.24) is 40.4 Å². The number of aliphatic carboxylic acids is 1. The van der Waals surface area contributed by atoms with Gasteiger partial charge in [-0.1, -0.05) is 66.7 Å². The molecule has 6 N–H and O–H groups in total. The zero-order chi connectivity index (χ0) is 47.9. The van der Waals surface area contributed by atoms with Crippen molar-refractivity contribution in [3.8, 4) is 22.9 Å². The molecule has 2 saturated heterocycles. The van der Waals surface area contributed by atoms with E-state index in [-0.39, 0.29) is 50.5 Å². The first-order valence-electron chi connectivity index (χ1n) is 23.2. The highest BCUT2D eigenvalue weighted by Gasteiger charge is 2.62. The van der Waals surface area contributed by atoms with Gasteiger partial charge in [-0.2, -0.15) is 0 Å². The minimum Gasteiger partial charge on any atom is -0.497 e. The fourth-order valence-corrected chi connectivity index (χ4v) is 10.2. The van der Waals surface area contributed by atoms with Gasteiger partial charge >= 0.3 is 12.0 Å². The van der Waals surface area contributed by atoms with Gasteiger partial charge in [-0.05, 0) is 56.6 Å². The number of thiazole rings is 1. The number of ether oxygens (including phenoxy) is 2. The number of carboxylic acid groups (broad SMARTS) is 1. The van der Waals surface area contributed by atoms with Gasteiger partial charge in [-0.25, -0.2) is 32.3 Å². The number of aromatic nitrogens is 2. The Balaban J connectivity index is 1.30. The first kappa shape index (κ1) is 50.6. The van der Waals surface area contributed by atoms with E-state index in [1.165, 1.54) is 20.5 Å². The second kappa shape index (κ2) is 21.9. The molecule has 1 aromatic carbocycles. The van der Waals surface area contributed by atoms with Crippen LogP contribution in [0, 0.1) is 11.3 Å². The number of anilines is 1. The van der Waals surface area contributed by atoms with Crippen LogP contribution in [-0.2, 0) is 25.3 Å². The number of carboxylic acids is 1. The molecular weight excluding hydrogens is 887 g/mol. The van der Waals surface area contributed by atoms with Crippen LogP contribution in [0.25, 0.3) is 22.3 Å². The summed E-state index contributed by atoms with van der Waals surface area (Å²) >= 11 is 1.45. The molecule has 2 aliphatic heterocycles. The van der Waals surface area contributed by atoms with Gasteiger partial charge in [0.05, 0.1) is 24.9 Å². The molecular formula is C46H69N9O9S2. The molecule has 2 aromatic heterocycles. The number of methoxy groups -OCH3 is 1. The quantitative estimate of drug-likeness (QED) is 0.0923. The maximum Gasteiger partial charge on any atom is 0.329 e. The highest BCUT2D eigenvalue weighted by Crippen LogP contribution is 2.48. The number of nitrogens with one attached hydrogen (secondary N) is 5. The van der Waals surface area contributed by atoms with Crippen molar-refractivity contribution in [2.75, 3.05) is 38.6 Å². The molecule has 20 heteroatoms. The molecule has 4 amide bonds. The summed E-state index contributed by atoms with van der Waals surface area (Å²) in [5.41, 5.74) is -0.243. The SMILES string of the molecule is COc1ccc2c(O[C@@H]3C[C@H]4C(=O)N[C@]5(C(=O)O)CC5CCCCCCC[C@H](NC(=O)N[C@H](CN(CCNC(C)C)[SH](=O)=O)C(C)(C)C)C(=O)N4C3)cc(-c3csc(NC(C)C)n3)nc2c1. The number of amides is 4. The van der Waals surface area contributed by atoms with Crippen molar-refractivity contribution in [3.63, 3.8) is 0 Å². The lowest BCUT2D eigenvalue weighted by atomic mass is 9.86. The highest BCUT2D eigenvalue weighted by molar-refractivity contribution is 7.69. The second-order valence-corrected chi connectivity index (χ2v) is 21.5. The zero-order valence-electron chi connectivity index (χ0n) is 39.5. The number of urea groups is 1. The summed E-state index contributed by atoms with van der Waals surface area (Å²) in [6, 6.07) is 4.10. The van der Waals surface area contributed by atoms with Crippen molar-refractivity contribution in [1.29, 1.82) is 0 Å². The third-order valence-electron chi connectivity index (χ3n) is 12.7. The Labute approximate surface area is 393 Å². The predicted molar refractivity (Wildman–Crippen MR) is 255 cm³/mol. The Morgan fingerprint density at radius 3 is 2.42 bits per heavy atom. The largest absolute Gasteiger partial charge is 0.497 e. The van der Waals surface area contributed by atoms with Gasteiger partial charge in [0.15, 0.2) is 5.13 Å². The lowest BCUT2D eigenvalue weighted by Gasteiger charge is -2.35. The van der Waals surface area contributed by atoms with E-state index in [4.69, 9.17) is 19.4 Å². The summed E-state index contributed by atoms with van der Waals surface area (Å²) in [5.74, 6) is -1.39. The maximum atomic E-state index is 15.0. The normalized spacial score (nSPS) is 23.5. The van der Waals surface area contributed by atoms with E-state index in [1.54, 1.807) is 25.3 Å². The lowest BCUT2D eigenvalue weighted by molar-refractivity contribution is -0.145. The molecule has 6 atom stereocenters. The average molecular weight is 956 g/mol. The molecule has 18 nitrogen and oxygen atoms in total. The summed E-state index contributed by atoms with van der Waals surface area (Å²) < 4.78 is 38.3. The second-order valence-electron chi connectivity index (χ2n) is 19.6. The van der Waals surface area contributed by atoms with E-state index in [9.17, 15) is 32.7 Å². The van der Waals surface area contributed by atoms with Gasteiger partial charge in [-0.15, -0.1) is 11.3 Å². The Kier molecular flexibility index (Phi) is 16.8. The zero-order valence-corrected chi connectivity index (χ0v) is 41.2. The van der Waals surface area contributed by atoms with Crippen molar-refractivity contribution in [2.45, 2.75) is 148 Å². The van der Waals surface area contributed by atoms with E-state index >= 15 is 0 Å². The third kappa shape index (κ3) is 12.8. The Morgan fingerprint density at radius 2 is 1.76 bits per heavy atom. The van der Waals surface area contributed by atoms with Gasteiger partial charge in [0.1, 0.15) is 40.9 Å². The maximum absolute atomic E-state index is 15.0. The molecule has 1 saturated carbocycles. The minimum absolute atomic E-state index is 0.0182.